The van der Waals surface area contributed by atoms with Gasteiger partial charge in [-0.15, -0.1) is 0 Å². The lowest BCUT2D eigenvalue weighted by atomic mass is 10.2. The minimum atomic E-state index is -1.08. The van der Waals surface area contributed by atoms with Crippen LogP contribution in [0, 0.1) is 6.92 Å². The van der Waals surface area contributed by atoms with Crippen molar-refractivity contribution in [2.45, 2.75) is 39.3 Å². The Morgan fingerprint density at radius 1 is 1.35 bits per heavy atom. The highest BCUT2D eigenvalue weighted by molar-refractivity contribution is 6.76. The third-order valence-corrected chi connectivity index (χ3v) is 4.96. The third kappa shape index (κ3) is 3.55. The zero-order valence-electron chi connectivity index (χ0n) is 12.6. The van der Waals surface area contributed by atoms with Crippen molar-refractivity contribution in [3.63, 3.8) is 0 Å². The maximum atomic E-state index is 11.1. The van der Waals surface area contributed by atoms with Crippen LogP contribution < -0.4 is 0 Å². The van der Waals surface area contributed by atoms with Crippen molar-refractivity contribution < 1.29 is 9.53 Å². The molecule has 1 aromatic carbocycles. The number of rotatable bonds is 6. The molecule has 2 aromatic rings. The first kappa shape index (κ1) is 14.9. The summed E-state index contributed by atoms with van der Waals surface area (Å²) in [6.45, 7) is 10.1. The molecule has 4 nitrogen and oxygen atoms in total. The fourth-order valence-electron chi connectivity index (χ4n) is 2.02. The second-order valence-corrected chi connectivity index (χ2v) is 12.0. The smallest absolute Gasteiger partial charge is 0.185 e. The van der Waals surface area contributed by atoms with Gasteiger partial charge in [-0.2, -0.15) is 0 Å². The lowest BCUT2D eigenvalue weighted by Crippen LogP contribution is -2.22. The maximum Gasteiger partial charge on any atom is 0.185 e. The van der Waals surface area contributed by atoms with Crippen molar-refractivity contribution >= 4 is 25.4 Å². The van der Waals surface area contributed by atoms with Gasteiger partial charge in [0.05, 0.1) is 11.0 Å². The third-order valence-electron chi connectivity index (χ3n) is 3.26. The molecule has 0 radical (unpaired) electrons. The first-order valence-corrected chi connectivity index (χ1v) is 10.6. The number of carbonyl (C=O) groups excluding carboxylic acids is 1. The molecule has 0 N–H and O–H groups in total. The highest BCUT2D eigenvalue weighted by Gasteiger charge is 2.13. The number of nitrogens with zero attached hydrogens (tertiary/aromatic N) is 2. The Kier molecular flexibility index (Phi) is 4.40. The van der Waals surface area contributed by atoms with Crippen molar-refractivity contribution in [2.24, 2.45) is 0 Å². The van der Waals surface area contributed by atoms with Crippen LogP contribution in [0.5, 0.6) is 0 Å². The zero-order chi connectivity index (χ0) is 14.8. The SMILES string of the molecule is Cc1ccc2c(c1)nc(C=O)n2COCC[Si](C)(C)C. The highest BCUT2D eigenvalue weighted by Crippen LogP contribution is 2.17. The summed E-state index contributed by atoms with van der Waals surface area (Å²) in [4.78, 5) is 15.5. The minimum Gasteiger partial charge on any atom is -0.361 e. The number of carbonyl (C=O) groups is 1. The minimum absolute atomic E-state index is 0.387. The van der Waals surface area contributed by atoms with Gasteiger partial charge >= 0.3 is 0 Å². The first-order chi connectivity index (χ1) is 9.40. The maximum absolute atomic E-state index is 11.1. The molecule has 0 bridgehead atoms. The largest absolute Gasteiger partial charge is 0.361 e. The predicted molar refractivity (Wildman–Crippen MR) is 84.0 cm³/mol. The fourth-order valence-corrected chi connectivity index (χ4v) is 2.77. The molecule has 20 heavy (non-hydrogen) atoms. The molecular formula is C15H22N2O2Si. The molecule has 0 aliphatic heterocycles. The average Bonchev–Trinajstić information content (AvgIpc) is 2.70. The van der Waals surface area contributed by atoms with Crippen LogP contribution in [0.1, 0.15) is 16.2 Å². The highest BCUT2D eigenvalue weighted by atomic mass is 28.3. The molecule has 1 heterocycles. The van der Waals surface area contributed by atoms with Gasteiger partial charge in [0.2, 0.25) is 0 Å². The molecule has 1 aromatic heterocycles. The van der Waals surface area contributed by atoms with Gasteiger partial charge in [0, 0.05) is 14.7 Å². The zero-order valence-corrected chi connectivity index (χ0v) is 13.6. The number of hydrogen-bond donors (Lipinski definition) is 0. The van der Waals surface area contributed by atoms with Crippen LogP contribution in [0.15, 0.2) is 18.2 Å². The van der Waals surface area contributed by atoms with Gasteiger partial charge in [-0.3, -0.25) is 9.36 Å². The van der Waals surface area contributed by atoms with Gasteiger partial charge in [0.15, 0.2) is 12.1 Å². The van der Waals surface area contributed by atoms with Crippen molar-refractivity contribution in [3.05, 3.63) is 29.6 Å². The summed E-state index contributed by atoms with van der Waals surface area (Å²) < 4.78 is 7.57. The van der Waals surface area contributed by atoms with Crippen LogP contribution in [0.25, 0.3) is 11.0 Å². The Labute approximate surface area is 120 Å². The number of aryl methyl sites for hydroxylation is 1. The summed E-state index contributed by atoms with van der Waals surface area (Å²) in [5.41, 5.74) is 2.94. The van der Waals surface area contributed by atoms with E-state index >= 15 is 0 Å². The van der Waals surface area contributed by atoms with Crippen LogP contribution in [-0.2, 0) is 11.5 Å². The van der Waals surface area contributed by atoms with Gasteiger partial charge in [0.25, 0.3) is 0 Å². The summed E-state index contributed by atoms with van der Waals surface area (Å²) in [6, 6.07) is 7.12. The summed E-state index contributed by atoms with van der Waals surface area (Å²) in [7, 11) is -1.08. The Hall–Kier alpha value is -1.46. The number of ether oxygens (including phenoxy) is 1. The van der Waals surface area contributed by atoms with Gasteiger partial charge < -0.3 is 4.74 Å². The normalized spacial score (nSPS) is 12.0. The molecule has 2 rings (SSSR count). The van der Waals surface area contributed by atoms with E-state index in [0.717, 1.165) is 35.5 Å². The molecule has 108 valence electrons. The average molecular weight is 290 g/mol. The standard InChI is InChI=1S/C15H22N2O2Si/c1-12-5-6-14-13(9-12)16-15(10-18)17(14)11-19-7-8-20(2,3)4/h5-6,9-10H,7-8,11H2,1-4H3. The first-order valence-electron chi connectivity index (χ1n) is 6.90. The summed E-state index contributed by atoms with van der Waals surface area (Å²) in [5, 5.41) is 0. The second kappa shape index (κ2) is 5.89. The van der Waals surface area contributed by atoms with E-state index in [0.29, 0.717) is 12.6 Å². The van der Waals surface area contributed by atoms with E-state index in [1.165, 1.54) is 0 Å². The molecule has 0 aliphatic rings. The van der Waals surface area contributed by atoms with Gasteiger partial charge in [-0.05, 0) is 30.7 Å². The lowest BCUT2D eigenvalue weighted by Gasteiger charge is -2.16. The number of aldehydes is 1. The van der Waals surface area contributed by atoms with Crippen molar-refractivity contribution in [3.8, 4) is 0 Å². The van der Waals surface area contributed by atoms with E-state index in [1.807, 2.05) is 29.7 Å². The van der Waals surface area contributed by atoms with Crippen LogP contribution in [0.4, 0.5) is 0 Å². The Balaban J connectivity index is 2.14. The van der Waals surface area contributed by atoms with E-state index in [2.05, 4.69) is 24.6 Å². The van der Waals surface area contributed by atoms with Crippen molar-refractivity contribution in [1.29, 1.82) is 0 Å². The van der Waals surface area contributed by atoms with Crippen LogP contribution in [0.2, 0.25) is 25.7 Å². The number of hydrogen-bond acceptors (Lipinski definition) is 3. The molecule has 0 fully saturated rings. The molecule has 0 amide bonds. The molecule has 0 saturated carbocycles. The molecular weight excluding hydrogens is 268 g/mol. The molecule has 0 atom stereocenters. The number of benzene rings is 1. The van der Waals surface area contributed by atoms with Gasteiger partial charge in [-0.25, -0.2) is 4.98 Å². The predicted octanol–water partition coefficient (Wildman–Crippen LogP) is 3.47. The van der Waals surface area contributed by atoms with Crippen LogP contribution in [0.3, 0.4) is 0 Å². The van der Waals surface area contributed by atoms with Crippen molar-refractivity contribution in [1.82, 2.24) is 9.55 Å². The van der Waals surface area contributed by atoms with E-state index in [4.69, 9.17) is 4.74 Å². The molecule has 0 saturated heterocycles. The summed E-state index contributed by atoms with van der Waals surface area (Å²) in [6.07, 6.45) is 0.789. The lowest BCUT2D eigenvalue weighted by molar-refractivity contribution is 0.0856. The van der Waals surface area contributed by atoms with Gasteiger partial charge in [0.1, 0.15) is 6.73 Å². The Morgan fingerprint density at radius 3 is 2.75 bits per heavy atom. The number of imidazole rings is 1. The Morgan fingerprint density at radius 2 is 2.10 bits per heavy atom. The van der Waals surface area contributed by atoms with E-state index < -0.39 is 8.07 Å². The summed E-state index contributed by atoms with van der Waals surface area (Å²) >= 11 is 0. The monoisotopic (exact) mass is 290 g/mol. The Bertz CT molecular complexity index is 614. The number of fused-ring (bicyclic) bond motifs is 1. The summed E-state index contributed by atoms with van der Waals surface area (Å²) in [5.74, 6) is 0.429. The quantitative estimate of drug-likeness (QED) is 0.465. The number of aromatic nitrogens is 2. The van der Waals surface area contributed by atoms with E-state index in [-0.39, 0.29) is 0 Å². The second-order valence-electron chi connectivity index (χ2n) is 6.36. The van der Waals surface area contributed by atoms with E-state index in [9.17, 15) is 4.79 Å². The van der Waals surface area contributed by atoms with Crippen LogP contribution in [-0.4, -0.2) is 30.5 Å². The van der Waals surface area contributed by atoms with Crippen LogP contribution >= 0.6 is 0 Å². The van der Waals surface area contributed by atoms with Crippen molar-refractivity contribution in [2.75, 3.05) is 6.61 Å². The topological polar surface area (TPSA) is 44.1 Å². The molecule has 0 aliphatic carbocycles. The fraction of sp³-hybridized carbons (Fsp3) is 0.467. The van der Waals surface area contributed by atoms with E-state index in [1.54, 1.807) is 0 Å². The molecule has 0 unspecified atom stereocenters. The van der Waals surface area contributed by atoms with Gasteiger partial charge in [-0.1, -0.05) is 25.7 Å². The molecule has 5 heteroatoms. The molecule has 0 spiro atoms.